The number of aromatic nitrogens is 2. The molecule has 1 aromatic carbocycles. The highest BCUT2D eigenvalue weighted by Crippen LogP contribution is 2.25. The summed E-state index contributed by atoms with van der Waals surface area (Å²) in [6.45, 7) is 6.77. The number of nitrogens with two attached hydrogens (primary N) is 1. The van der Waals surface area contributed by atoms with E-state index in [9.17, 15) is 4.79 Å². The zero-order valence-corrected chi connectivity index (χ0v) is 13.7. The molecule has 0 aliphatic heterocycles. The number of nitrogens with zero attached hydrogens (tertiary/aromatic N) is 4. The van der Waals surface area contributed by atoms with Gasteiger partial charge < -0.3 is 11.1 Å². The summed E-state index contributed by atoms with van der Waals surface area (Å²) >= 11 is 0. The van der Waals surface area contributed by atoms with Crippen LogP contribution in [0.15, 0.2) is 34.5 Å². The first-order chi connectivity index (χ1) is 11.0. The van der Waals surface area contributed by atoms with Crippen LogP contribution >= 0.6 is 0 Å². The van der Waals surface area contributed by atoms with Crippen molar-refractivity contribution >= 4 is 17.3 Å². The van der Waals surface area contributed by atoms with Crippen LogP contribution in [0.3, 0.4) is 0 Å². The molecular formula is C16H22N6O. The molecule has 0 spiro atoms. The second kappa shape index (κ2) is 7.64. The molecule has 1 amide bonds. The molecule has 0 unspecified atom stereocenters. The van der Waals surface area contributed by atoms with Gasteiger partial charge in [0.1, 0.15) is 12.2 Å². The van der Waals surface area contributed by atoms with Gasteiger partial charge >= 0.3 is 0 Å². The number of rotatable bonds is 6. The maximum Gasteiger partial charge on any atom is 0.241 e. The summed E-state index contributed by atoms with van der Waals surface area (Å²) in [5.74, 6) is -0.122. The Hall–Kier alpha value is -2.54. The summed E-state index contributed by atoms with van der Waals surface area (Å²) in [5.41, 5.74) is 9.56. The Morgan fingerprint density at radius 3 is 2.57 bits per heavy atom. The molecule has 2 rings (SSSR count). The molecule has 3 N–H and O–H groups in total. The van der Waals surface area contributed by atoms with Crippen molar-refractivity contribution in [2.24, 2.45) is 16.0 Å². The lowest BCUT2D eigenvalue weighted by molar-refractivity contribution is -0.121. The summed E-state index contributed by atoms with van der Waals surface area (Å²) in [5, 5.41) is 15.6. The Bertz CT molecular complexity index is 702. The van der Waals surface area contributed by atoms with E-state index in [1.165, 1.54) is 5.56 Å². The fourth-order valence-electron chi connectivity index (χ4n) is 2.11. The van der Waals surface area contributed by atoms with E-state index in [1.807, 2.05) is 45.0 Å². The van der Waals surface area contributed by atoms with Crippen molar-refractivity contribution in [3.05, 3.63) is 41.2 Å². The molecule has 1 heterocycles. The first kappa shape index (κ1) is 16.8. The van der Waals surface area contributed by atoms with Crippen LogP contribution in [0.2, 0.25) is 0 Å². The number of benzene rings is 1. The Morgan fingerprint density at radius 1 is 1.22 bits per heavy atom. The number of azo groups is 1. The molecule has 0 bridgehead atoms. The van der Waals surface area contributed by atoms with Gasteiger partial charge in [-0.15, -0.1) is 5.11 Å². The van der Waals surface area contributed by atoms with Crippen molar-refractivity contribution in [3.8, 4) is 0 Å². The minimum Gasteiger partial charge on any atom is -0.353 e. The largest absolute Gasteiger partial charge is 0.353 e. The van der Waals surface area contributed by atoms with Gasteiger partial charge in [0.15, 0.2) is 0 Å². The van der Waals surface area contributed by atoms with E-state index in [0.717, 1.165) is 17.1 Å². The molecule has 7 nitrogen and oxygen atoms in total. The van der Waals surface area contributed by atoms with Gasteiger partial charge in [-0.1, -0.05) is 17.7 Å². The van der Waals surface area contributed by atoms with Crippen LogP contribution in [0.1, 0.15) is 17.0 Å². The van der Waals surface area contributed by atoms with E-state index in [-0.39, 0.29) is 12.5 Å². The molecule has 0 fully saturated rings. The van der Waals surface area contributed by atoms with Gasteiger partial charge in [-0.3, -0.25) is 9.48 Å². The second-order valence-electron chi connectivity index (χ2n) is 5.35. The molecule has 0 aliphatic carbocycles. The number of hydrogen-bond acceptors (Lipinski definition) is 5. The van der Waals surface area contributed by atoms with Crippen LogP contribution in [0.4, 0.5) is 11.4 Å². The van der Waals surface area contributed by atoms with Crippen LogP contribution in [-0.2, 0) is 11.3 Å². The predicted molar refractivity (Wildman–Crippen MR) is 89.1 cm³/mol. The topological polar surface area (TPSA) is 97.7 Å². The smallest absolute Gasteiger partial charge is 0.241 e. The SMILES string of the molecule is Cc1ccc(N=Nc2c(C)nn(CC(=O)NCCN)c2C)cc1. The lowest BCUT2D eigenvalue weighted by Crippen LogP contribution is -2.32. The average molecular weight is 314 g/mol. The highest BCUT2D eigenvalue weighted by atomic mass is 16.2. The van der Waals surface area contributed by atoms with Gasteiger partial charge in [-0.05, 0) is 32.9 Å². The van der Waals surface area contributed by atoms with Crippen LogP contribution in [-0.4, -0.2) is 28.8 Å². The number of carbonyl (C=O) groups excluding carboxylic acids is 1. The third-order valence-corrected chi connectivity index (χ3v) is 3.40. The number of hydrogen-bond donors (Lipinski definition) is 2. The fourth-order valence-corrected chi connectivity index (χ4v) is 2.11. The molecule has 0 aliphatic rings. The first-order valence-corrected chi connectivity index (χ1v) is 7.50. The number of aryl methyl sites for hydroxylation is 2. The lowest BCUT2D eigenvalue weighted by atomic mass is 10.2. The first-order valence-electron chi connectivity index (χ1n) is 7.50. The Kier molecular flexibility index (Phi) is 5.59. The zero-order valence-electron chi connectivity index (χ0n) is 13.7. The molecular weight excluding hydrogens is 292 g/mol. The second-order valence-corrected chi connectivity index (χ2v) is 5.35. The maximum atomic E-state index is 11.8. The molecule has 23 heavy (non-hydrogen) atoms. The molecule has 122 valence electrons. The van der Waals surface area contributed by atoms with E-state index in [4.69, 9.17) is 5.73 Å². The van der Waals surface area contributed by atoms with Crippen molar-refractivity contribution in [1.82, 2.24) is 15.1 Å². The average Bonchev–Trinajstić information content (AvgIpc) is 2.79. The zero-order chi connectivity index (χ0) is 16.8. The van der Waals surface area contributed by atoms with Crippen LogP contribution < -0.4 is 11.1 Å². The Morgan fingerprint density at radius 2 is 1.91 bits per heavy atom. The predicted octanol–water partition coefficient (Wildman–Crippen LogP) is 2.30. The Labute approximate surface area is 135 Å². The third kappa shape index (κ3) is 4.46. The molecule has 0 saturated heterocycles. The number of carbonyl (C=O) groups is 1. The van der Waals surface area contributed by atoms with Crippen LogP contribution in [0.25, 0.3) is 0 Å². The standard InChI is InChI=1S/C16H22N6O/c1-11-4-6-14(7-5-11)19-20-16-12(2)21-22(13(16)3)10-15(23)18-9-8-17/h4-7H,8-10,17H2,1-3H3,(H,18,23). The summed E-state index contributed by atoms with van der Waals surface area (Å²) in [7, 11) is 0. The third-order valence-electron chi connectivity index (χ3n) is 3.40. The van der Waals surface area contributed by atoms with E-state index < -0.39 is 0 Å². The lowest BCUT2D eigenvalue weighted by Gasteiger charge is -2.05. The van der Waals surface area contributed by atoms with Crippen molar-refractivity contribution in [2.75, 3.05) is 13.1 Å². The minimum absolute atomic E-state index is 0.122. The summed E-state index contributed by atoms with van der Waals surface area (Å²) in [4.78, 5) is 11.8. The van der Waals surface area contributed by atoms with E-state index >= 15 is 0 Å². The highest BCUT2D eigenvalue weighted by Gasteiger charge is 2.13. The molecule has 0 radical (unpaired) electrons. The van der Waals surface area contributed by atoms with Crippen molar-refractivity contribution in [1.29, 1.82) is 0 Å². The number of nitrogens with one attached hydrogen (secondary N) is 1. The van der Waals surface area contributed by atoms with Gasteiger partial charge in [0, 0.05) is 13.1 Å². The molecule has 0 atom stereocenters. The van der Waals surface area contributed by atoms with E-state index in [2.05, 4.69) is 20.6 Å². The molecule has 7 heteroatoms. The van der Waals surface area contributed by atoms with Crippen molar-refractivity contribution < 1.29 is 4.79 Å². The van der Waals surface area contributed by atoms with E-state index in [0.29, 0.717) is 18.8 Å². The summed E-state index contributed by atoms with van der Waals surface area (Å²) in [6, 6.07) is 7.79. The monoisotopic (exact) mass is 314 g/mol. The minimum atomic E-state index is -0.122. The molecule has 2 aromatic rings. The van der Waals surface area contributed by atoms with Gasteiger partial charge in [-0.25, -0.2) is 0 Å². The normalized spacial score (nSPS) is 11.1. The van der Waals surface area contributed by atoms with E-state index in [1.54, 1.807) is 4.68 Å². The van der Waals surface area contributed by atoms with Gasteiger partial charge in [0.05, 0.1) is 17.1 Å². The van der Waals surface area contributed by atoms with Gasteiger partial charge in [0.25, 0.3) is 0 Å². The fraction of sp³-hybridized carbons (Fsp3) is 0.375. The van der Waals surface area contributed by atoms with Crippen molar-refractivity contribution in [3.63, 3.8) is 0 Å². The van der Waals surface area contributed by atoms with Crippen molar-refractivity contribution in [2.45, 2.75) is 27.3 Å². The highest BCUT2D eigenvalue weighted by molar-refractivity contribution is 5.75. The Balaban J connectivity index is 2.14. The van der Waals surface area contributed by atoms with Crippen LogP contribution in [0.5, 0.6) is 0 Å². The summed E-state index contributed by atoms with van der Waals surface area (Å²) in [6.07, 6.45) is 0. The van der Waals surface area contributed by atoms with Crippen LogP contribution in [0, 0.1) is 20.8 Å². The molecule has 0 saturated carbocycles. The quantitative estimate of drug-likeness (QED) is 0.800. The maximum absolute atomic E-state index is 11.8. The van der Waals surface area contributed by atoms with Gasteiger partial charge in [0.2, 0.25) is 5.91 Å². The molecule has 1 aromatic heterocycles. The number of amides is 1. The summed E-state index contributed by atoms with van der Waals surface area (Å²) < 4.78 is 1.63. The van der Waals surface area contributed by atoms with Gasteiger partial charge in [-0.2, -0.15) is 10.2 Å².